The third kappa shape index (κ3) is 2.72. The maximum Gasteiger partial charge on any atom is 0.133 e. The molecule has 1 aliphatic rings. The Morgan fingerprint density at radius 2 is 2.00 bits per heavy atom. The van der Waals surface area contributed by atoms with Crippen molar-refractivity contribution in [3.8, 4) is 11.4 Å². The molecule has 124 valence electrons. The summed E-state index contributed by atoms with van der Waals surface area (Å²) in [7, 11) is 0. The molecule has 5 heteroatoms. The third-order valence-corrected chi connectivity index (χ3v) is 4.73. The molecule has 1 aliphatic heterocycles. The minimum Gasteiger partial charge on any atom is -0.464 e. The molecule has 0 N–H and O–H groups in total. The van der Waals surface area contributed by atoms with E-state index in [1.54, 1.807) is 6.26 Å². The van der Waals surface area contributed by atoms with Crippen LogP contribution < -0.4 is 0 Å². The molecular weight excluding hydrogens is 312 g/mol. The second-order valence-corrected chi connectivity index (χ2v) is 6.46. The normalized spacial score (nSPS) is 14.7. The zero-order valence-corrected chi connectivity index (χ0v) is 13.8. The van der Waals surface area contributed by atoms with Gasteiger partial charge >= 0.3 is 0 Å². The number of pyridine rings is 1. The van der Waals surface area contributed by atoms with Crippen LogP contribution in [0.1, 0.15) is 11.3 Å². The summed E-state index contributed by atoms with van der Waals surface area (Å²) in [5.41, 5.74) is 5.39. The highest BCUT2D eigenvalue weighted by Crippen LogP contribution is 2.23. The molecule has 5 rings (SSSR count). The van der Waals surface area contributed by atoms with Crippen LogP contribution in [0.15, 0.2) is 65.4 Å². The quantitative estimate of drug-likeness (QED) is 0.574. The molecule has 4 aromatic rings. The van der Waals surface area contributed by atoms with E-state index >= 15 is 0 Å². The number of nitrogens with zero attached hydrogens (tertiary/aromatic N) is 4. The predicted octanol–water partition coefficient (Wildman–Crippen LogP) is 3.71. The van der Waals surface area contributed by atoms with Crippen molar-refractivity contribution in [2.75, 3.05) is 6.54 Å². The molecule has 0 unspecified atom stereocenters. The molecule has 0 bridgehead atoms. The van der Waals surface area contributed by atoms with E-state index in [9.17, 15) is 0 Å². The lowest BCUT2D eigenvalue weighted by Crippen LogP contribution is -2.33. The van der Waals surface area contributed by atoms with Gasteiger partial charge in [0.05, 0.1) is 24.2 Å². The van der Waals surface area contributed by atoms with Crippen LogP contribution in [0.3, 0.4) is 0 Å². The molecule has 0 radical (unpaired) electrons. The van der Waals surface area contributed by atoms with Gasteiger partial charge in [0, 0.05) is 31.2 Å². The fourth-order valence-corrected chi connectivity index (χ4v) is 3.47. The SMILES string of the molecule is c1ccc(-c2cc3n(n2)CCN(Cc2ccc4occc4c2)C3)nc1. The minimum absolute atomic E-state index is 0.906. The Morgan fingerprint density at radius 1 is 1.00 bits per heavy atom. The number of benzene rings is 1. The van der Waals surface area contributed by atoms with E-state index in [1.165, 1.54) is 11.3 Å². The number of hydrogen-bond acceptors (Lipinski definition) is 4. The second kappa shape index (κ2) is 5.86. The molecule has 0 saturated carbocycles. The standard InChI is InChI=1S/C20H18N4O/c1-2-7-21-18(3-1)19-12-17-14-23(8-9-24(17)22-19)13-15-4-5-20-16(11-15)6-10-25-20/h1-7,10-12H,8-9,13-14H2. The van der Waals surface area contributed by atoms with E-state index in [0.29, 0.717) is 0 Å². The largest absolute Gasteiger partial charge is 0.464 e. The van der Waals surface area contributed by atoms with E-state index in [0.717, 1.165) is 48.5 Å². The molecule has 4 heterocycles. The van der Waals surface area contributed by atoms with E-state index < -0.39 is 0 Å². The van der Waals surface area contributed by atoms with Crippen LogP contribution in [0.25, 0.3) is 22.4 Å². The van der Waals surface area contributed by atoms with Crippen LogP contribution >= 0.6 is 0 Å². The van der Waals surface area contributed by atoms with Crippen LogP contribution in [0.4, 0.5) is 0 Å². The first-order valence-corrected chi connectivity index (χ1v) is 8.52. The van der Waals surface area contributed by atoms with E-state index in [4.69, 9.17) is 9.52 Å². The van der Waals surface area contributed by atoms with Crippen LogP contribution in [-0.4, -0.2) is 26.2 Å². The van der Waals surface area contributed by atoms with Crippen molar-refractivity contribution in [3.63, 3.8) is 0 Å². The smallest absolute Gasteiger partial charge is 0.133 e. The molecule has 0 amide bonds. The van der Waals surface area contributed by atoms with Gasteiger partial charge < -0.3 is 4.42 Å². The Labute approximate surface area is 145 Å². The van der Waals surface area contributed by atoms with Crippen molar-refractivity contribution in [2.45, 2.75) is 19.6 Å². The van der Waals surface area contributed by atoms with Crippen molar-refractivity contribution in [1.82, 2.24) is 19.7 Å². The first-order valence-electron chi connectivity index (χ1n) is 8.52. The molecule has 0 saturated heterocycles. The van der Waals surface area contributed by atoms with Crippen LogP contribution in [0.2, 0.25) is 0 Å². The Kier molecular flexibility index (Phi) is 3.38. The molecule has 1 aromatic carbocycles. The molecule has 3 aromatic heterocycles. The van der Waals surface area contributed by atoms with Gasteiger partial charge in [-0.2, -0.15) is 5.10 Å². The van der Waals surface area contributed by atoms with Gasteiger partial charge in [-0.3, -0.25) is 14.6 Å². The zero-order chi connectivity index (χ0) is 16.6. The average Bonchev–Trinajstić information content (AvgIpc) is 3.28. The number of rotatable bonds is 3. The molecule has 25 heavy (non-hydrogen) atoms. The van der Waals surface area contributed by atoms with Gasteiger partial charge in [-0.1, -0.05) is 12.1 Å². The predicted molar refractivity (Wildman–Crippen MR) is 95.8 cm³/mol. The van der Waals surface area contributed by atoms with Crippen molar-refractivity contribution in [1.29, 1.82) is 0 Å². The maximum atomic E-state index is 5.42. The fraction of sp³-hybridized carbons (Fsp3) is 0.200. The lowest BCUT2D eigenvalue weighted by molar-refractivity contribution is 0.205. The number of furan rings is 1. The molecule has 0 fully saturated rings. The van der Waals surface area contributed by atoms with Crippen LogP contribution in [0, 0.1) is 0 Å². The van der Waals surface area contributed by atoms with Gasteiger partial charge in [0.25, 0.3) is 0 Å². The van der Waals surface area contributed by atoms with E-state index in [-0.39, 0.29) is 0 Å². The first kappa shape index (κ1) is 14.4. The summed E-state index contributed by atoms with van der Waals surface area (Å²) in [6, 6.07) is 16.5. The van der Waals surface area contributed by atoms with Gasteiger partial charge in [0.1, 0.15) is 11.3 Å². The third-order valence-electron chi connectivity index (χ3n) is 4.73. The summed E-state index contributed by atoms with van der Waals surface area (Å²) in [6.07, 6.45) is 3.55. The monoisotopic (exact) mass is 330 g/mol. The van der Waals surface area contributed by atoms with Crippen molar-refractivity contribution >= 4 is 11.0 Å². The minimum atomic E-state index is 0.906. The van der Waals surface area contributed by atoms with Crippen molar-refractivity contribution < 1.29 is 4.42 Å². The van der Waals surface area contributed by atoms with Crippen LogP contribution in [0.5, 0.6) is 0 Å². The highest BCUT2D eigenvalue weighted by molar-refractivity contribution is 5.77. The first-order chi connectivity index (χ1) is 12.3. The Morgan fingerprint density at radius 3 is 2.92 bits per heavy atom. The highest BCUT2D eigenvalue weighted by atomic mass is 16.3. The zero-order valence-electron chi connectivity index (χ0n) is 13.8. The lowest BCUT2D eigenvalue weighted by Gasteiger charge is -2.27. The molecule has 0 spiro atoms. The summed E-state index contributed by atoms with van der Waals surface area (Å²) in [6.45, 7) is 3.75. The highest BCUT2D eigenvalue weighted by Gasteiger charge is 2.19. The molecule has 0 aliphatic carbocycles. The molecule has 5 nitrogen and oxygen atoms in total. The van der Waals surface area contributed by atoms with Gasteiger partial charge in [-0.15, -0.1) is 0 Å². The van der Waals surface area contributed by atoms with Gasteiger partial charge in [-0.05, 0) is 42.0 Å². The maximum absolute atomic E-state index is 5.42. The summed E-state index contributed by atoms with van der Waals surface area (Å²) >= 11 is 0. The second-order valence-electron chi connectivity index (χ2n) is 6.46. The Balaban J connectivity index is 1.36. The Hall–Kier alpha value is -2.92. The average molecular weight is 330 g/mol. The van der Waals surface area contributed by atoms with Crippen LogP contribution in [-0.2, 0) is 19.6 Å². The van der Waals surface area contributed by atoms with E-state index in [1.807, 2.05) is 30.5 Å². The van der Waals surface area contributed by atoms with E-state index in [2.05, 4.69) is 38.8 Å². The van der Waals surface area contributed by atoms with Gasteiger partial charge in [-0.25, -0.2) is 0 Å². The number of fused-ring (bicyclic) bond motifs is 2. The summed E-state index contributed by atoms with van der Waals surface area (Å²) in [5.74, 6) is 0. The molecular formula is C20H18N4O. The van der Waals surface area contributed by atoms with Gasteiger partial charge in [0.2, 0.25) is 0 Å². The topological polar surface area (TPSA) is 47.1 Å². The summed E-state index contributed by atoms with van der Waals surface area (Å²) in [4.78, 5) is 6.86. The van der Waals surface area contributed by atoms with Gasteiger partial charge in [0.15, 0.2) is 0 Å². The Bertz CT molecular complexity index is 1020. The lowest BCUT2D eigenvalue weighted by atomic mass is 10.1. The number of hydrogen-bond donors (Lipinski definition) is 0. The van der Waals surface area contributed by atoms with Crippen molar-refractivity contribution in [2.24, 2.45) is 0 Å². The summed E-state index contributed by atoms with van der Waals surface area (Å²) < 4.78 is 7.53. The molecule has 0 atom stereocenters. The fourth-order valence-electron chi connectivity index (χ4n) is 3.47. The summed E-state index contributed by atoms with van der Waals surface area (Å²) in [5, 5.41) is 5.88. The number of aromatic nitrogens is 3. The van der Waals surface area contributed by atoms with Crippen molar-refractivity contribution in [3.05, 3.63) is 72.2 Å².